The molecule has 0 aromatic heterocycles. The Labute approximate surface area is 151 Å². The van der Waals surface area contributed by atoms with Crippen LogP contribution < -0.4 is 10.3 Å². The number of hydrogen-bond donors (Lipinski definition) is 1. The van der Waals surface area contributed by atoms with Crippen LogP contribution in [0.3, 0.4) is 0 Å². The third kappa shape index (κ3) is 4.31. The Kier molecular flexibility index (Phi) is 6.17. The molecule has 3 nitrogen and oxygen atoms in total. The topological polar surface area (TPSA) is 27.6 Å². The first-order chi connectivity index (χ1) is 11.0. The quantitative estimate of drug-likeness (QED) is 0.521. The third-order valence-electron chi connectivity index (χ3n) is 3.41. The largest absolute Gasteiger partial charge is 0.388 e. The van der Waals surface area contributed by atoms with Crippen molar-refractivity contribution in [3.63, 3.8) is 0 Å². The first kappa shape index (κ1) is 17.9. The van der Waals surface area contributed by atoms with Crippen molar-refractivity contribution in [1.29, 1.82) is 0 Å². The number of rotatable bonds is 5. The van der Waals surface area contributed by atoms with Crippen LogP contribution in [0.1, 0.15) is 19.4 Å². The molecule has 1 N–H and O–H groups in total. The fourth-order valence-corrected chi connectivity index (χ4v) is 2.69. The van der Waals surface area contributed by atoms with E-state index in [9.17, 15) is 0 Å². The van der Waals surface area contributed by atoms with Gasteiger partial charge in [-0.1, -0.05) is 34.8 Å². The van der Waals surface area contributed by atoms with Gasteiger partial charge < -0.3 is 5.32 Å². The lowest BCUT2D eigenvalue weighted by molar-refractivity contribution is 0.892. The van der Waals surface area contributed by atoms with Gasteiger partial charge in [0.1, 0.15) is 0 Å². The zero-order chi connectivity index (χ0) is 17.0. The molecule has 6 heteroatoms. The molecule has 0 fully saturated rings. The molecular formula is C17H18Cl3N3. The molecule has 0 amide bonds. The Hall–Kier alpha value is -1.42. The summed E-state index contributed by atoms with van der Waals surface area (Å²) in [6, 6.07) is 11.2. The van der Waals surface area contributed by atoms with Crippen LogP contribution in [0.4, 0.5) is 11.4 Å². The molecule has 0 aliphatic heterocycles. The summed E-state index contributed by atoms with van der Waals surface area (Å²) in [5.74, 6) is 0. The Bertz CT molecular complexity index is 729. The number of nitrogens with one attached hydrogen (secondary N) is 1. The first-order valence-electron chi connectivity index (χ1n) is 7.21. The molecule has 0 spiro atoms. The number of anilines is 2. The van der Waals surface area contributed by atoms with E-state index in [0.717, 1.165) is 22.6 Å². The minimum atomic E-state index is 0.508. The second kappa shape index (κ2) is 7.91. The normalized spacial score (nSPS) is 11.5. The zero-order valence-corrected chi connectivity index (χ0v) is 15.5. The maximum Gasteiger partial charge on any atom is 0.0672 e. The van der Waals surface area contributed by atoms with E-state index in [1.165, 1.54) is 0 Å². The van der Waals surface area contributed by atoms with Gasteiger partial charge in [0, 0.05) is 29.9 Å². The summed E-state index contributed by atoms with van der Waals surface area (Å²) in [7, 11) is 1.87. The van der Waals surface area contributed by atoms with Crippen molar-refractivity contribution >= 4 is 51.9 Å². The smallest absolute Gasteiger partial charge is 0.0672 e. The van der Waals surface area contributed by atoms with Gasteiger partial charge in [-0.05, 0) is 50.2 Å². The molecule has 2 aromatic rings. The lowest BCUT2D eigenvalue weighted by Gasteiger charge is -2.20. The third-order valence-corrected chi connectivity index (χ3v) is 4.39. The van der Waals surface area contributed by atoms with Gasteiger partial charge in [-0.15, -0.1) is 0 Å². The minimum absolute atomic E-state index is 0.508. The highest BCUT2D eigenvalue weighted by Gasteiger charge is 2.10. The van der Waals surface area contributed by atoms with Crippen LogP contribution in [0, 0.1) is 0 Å². The van der Waals surface area contributed by atoms with Gasteiger partial charge in [0.15, 0.2) is 0 Å². The van der Waals surface area contributed by atoms with E-state index in [-0.39, 0.29) is 0 Å². The molecule has 0 heterocycles. The van der Waals surface area contributed by atoms with Crippen molar-refractivity contribution in [3.05, 3.63) is 57.0 Å². The summed E-state index contributed by atoms with van der Waals surface area (Å²) >= 11 is 18.2. The minimum Gasteiger partial charge on any atom is -0.388 e. The van der Waals surface area contributed by atoms with Gasteiger partial charge in [0.25, 0.3) is 0 Å². The van der Waals surface area contributed by atoms with Crippen LogP contribution in [0.25, 0.3) is 0 Å². The van der Waals surface area contributed by atoms with Crippen molar-refractivity contribution in [1.82, 2.24) is 0 Å². The van der Waals surface area contributed by atoms with Gasteiger partial charge in [-0.3, -0.25) is 5.01 Å². The predicted octanol–water partition coefficient (Wildman–Crippen LogP) is 5.94. The molecule has 2 aromatic carbocycles. The summed E-state index contributed by atoms with van der Waals surface area (Å²) in [5.41, 5.74) is 3.67. The fraction of sp³-hybridized carbons (Fsp3) is 0.235. The predicted molar refractivity (Wildman–Crippen MR) is 103 cm³/mol. The van der Waals surface area contributed by atoms with E-state index in [4.69, 9.17) is 39.9 Å². The Morgan fingerprint density at radius 2 is 1.83 bits per heavy atom. The van der Waals surface area contributed by atoms with E-state index < -0.39 is 0 Å². The van der Waals surface area contributed by atoms with E-state index in [2.05, 4.69) is 5.32 Å². The second-order valence-corrected chi connectivity index (χ2v) is 6.19. The summed E-state index contributed by atoms with van der Waals surface area (Å²) < 4.78 is 0. The molecule has 0 aliphatic carbocycles. The number of benzene rings is 2. The fourth-order valence-electron chi connectivity index (χ4n) is 2.23. The maximum atomic E-state index is 6.12. The van der Waals surface area contributed by atoms with Crippen LogP contribution in [0.5, 0.6) is 0 Å². The van der Waals surface area contributed by atoms with Crippen molar-refractivity contribution in [3.8, 4) is 0 Å². The Balaban J connectivity index is 2.41. The molecule has 23 heavy (non-hydrogen) atoms. The average Bonchev–Trinajstić information content (AvgIpc) is 2.55. The van der Waals surface area contributed by atoms with E-state index in [1.807, 2.05) is 50.2 Å². The molecule has 2 rings (SSSR count). The van der Waals surface area contributed by atoms with Crippen LogP contribution in [-0.2, 0) is 0 Å². The second-order valence-electron chi connectivity index (χ2n) is 4.94. The Morgan fingerprint density at radius 1 is 1.09 bits per heavy atom. The SMILES string of the molecule is CCN(/N=C(\C)c1cc(Cl)ccc1NC)c1ccc(Cl)c(Cl)c1. The van der Waals surface area contributed by atoms with E-state index in [1.54, 1.807) is 12.1 Å². The van der Waals surface area contributed by atoms with Crippen molar-refractivity contribution in [2.24, 2.45) is 5.10 Å². The van der Waals surface area contributed by atoms with Crippen molar-refractivity contribution < 1.29 is 0 Å². The van der Waals surface area contributed by atoms with Gasteiger partial charge in [0.2, 0.25) is 0 Å². The van der Waals surface area contributed by atoms with Crippen LogP contribution in [0.2, 0.25) is 15.1 Å². The molecule has 0 bridgehead atoms. The summed E-state index contributed by atoms with van der Waals surface area (Å²) in [6.07, 6.45) is 0. The molecule has 122 valence electrons. The van der Waals surface area contributed by atoms with Crippen LogP contribution in [-0.4, -0.2) is 19.3 Å². The molecule has 0 radical (unpaired) electrons. The summed E-state index contributed by atoms with van der Waals surface area (Å²) in [6.45, 7) is 4.67. The highest BCUT2D eigenvalue weighted by atomic mass is 35.5. The van der Waals surface area contributed by atoms with Gasteiger partial charge in [0.05, 0.1) is 21.4 Å². The van der Waals surface area contributed by atoms with Crippen molar-refractivity contribution in [2.75, 3.05) is 23.9 Å². The molecule has 0 atom stereocenters. The molecule has 0 unspecified atom stereocenters. The average molecular weight is 371 g/mol. The lowest BCUT2D eigenvalue weighted by atomic mass is 10.1. The first-order valence-corrected chi connectivity index (χ1v) is 8.35. The monoisotopic (exact) mass is 369 g/mol. The number of hydrazone groups is 1. The van der Waals surface area contributed by atoms with Gasteiger partial charge >= 0.3 is 0 Å². The number of hydrogen-bond acceptors (Lipinski definition) is 3. The number of halogens is 3. The molecule has 0 saturated carbocycles. The molecular weight excluding hydrogens is 353 g/mol. The zero-order valence-electron chi connectivity index (χ0n) is 13.2. The molecule has 0 aliphatic rings. The summed E-state index contributed by atoms with van der Waals surface area (Å²) in [4.78, 5) is 0. The highest BCUT2D eigenvalue weighted by molar-refractivity contribution is 6.42. The number of nitrogens with zero attached hydrogens (tertiary/aromatic N) is 2. The summed E-state index contributed by atoms with van der Waals surface area (Å²) in [5, 5.41) is 11.4. The molecule has 0 saturated heterocycles. The van der Waals surface area contributed by atoms with Crippen LogP contribution >= 0.6 is 34.8 Å². The van der Waals surface area contributed by atoms with E-state index >= 15 is 0 Å². The van der Waals surface area contributed by atoms with Crippen LogP contribution in [0.15, 0.2) is 41.5 Å². The highest BCUT2D eigenvalue weighted by Crippen LogP contribution is 2.28. The van der Waals surface area contributed by atoms with Gasteiger partial charge in [-0.25, -0.2) is 0 Å². The Morgan fingerprint density at radius 3 is 2.43 bits per heavy atom. The van der Waals surface area contributed by atoms with Crippen molar-refractivity contribution in [2.45, 2.75) is 13.8 Å². The van der Waals surface area contributed by atoms with E-state index in [0.29, 0.717) is 21.6 Å². The standard InChI is InChI=1S/C17H18Cl3N3/c1-4-23(13-6-7-15(19)16(20)10-13)22-11(2)14-9-12(18)5-8-17(14)21-3/h5-10,21H,4H2,1-3H3/b22-11+. The van der Waals surface area contributed by atoms with Gasteiger partial charge in [-0.2, -0.15) is 5.10 Å². The lowest BCUT2D eigenvalue weighted by Crippen LogP contribution is -2.18. The maximum absolute atomic E-state index is 6.12.